The highest BCUT2D eigenvalue weighted by Crippen LogP contribution is 2.18. The summed E-state index contributed by atoms with van der Waals surface area (Å²) < 4.78 is 0. The molecular formula is C9H16N2O2. The van der Waals surface area contributed by atoms with E-state index in [1.54, 1.807) is 0 Å². The fraction of sp³-hybridized carbons (Fsp3) is 0.889. The van der Waals surface area contributed by atoms with E-state index in [1.165, 1.54) is 6.42 Å². The Labute approximate surface area is 77.7 Å². The lowest BCUT2D eigenvalue weighted by molar-refractivity contribution is -0.124. The molecule has 2 aliphatic rings. The van der Waals surface area contributed by atoms with Gasteiger partial charge in [0.25, 0.3) is 0 Å². The summed E-state index contributed by atoms with van der Waals surface area (Å²) >= 11 is 0. The van der Waals surface area contributed by atoms with Crippen molar-refractivity contribution in [3.05, 3.63) is 0 Å². The molecule has 2 atom stereocenters. The Bertz CT molecular complexity index is 204. The highest BCUT2D eigenvalue weighted by molar-refractivity contribution is 5.82. The molecule has 4 heteroatoms. The summed E-state index contributed by atoms with van der Waals surface area (Å²) in [5, 5.41) is 15.2. The highest BCUT2D eigenvalue weighted by Gasteiger charge is 2.30. The second-order valence-corrected chi connectivity index (χ2v) is 3.99. The molecule has 13 heavy (non-hydrogen) atoms. The lowest BCUT2D eigenvalue weighted by atomic mass is 9.93. The van der Waals surface area contributed by atoms with E-state index in [4.69, 9.17) is 0 Å². The molecule has 0 bridgehead atoms. The predicted molar refractivity (Wildman–Crippen MR) is 48.2 cm³/mol. The molecule has 3 N–H and O–H groups in total. The number of nitrogens with one attached hydrogen (secondary N) is 2. The number of rotatable bonds is 2. The number of aliphatic hydroxyl groups excluding tert-OH is 1. The number of hydrogen-bond donors (Lipinski definition) is 3. The molecule has 1 heterocycles. The van der Waals surface area contributed by atoms with Crippen molar-refractivity contribution in [3.8, 4) is 0 Å². The van der Waals surface area contributed by atoms with Gasteiger partial charge in [-0.1, -0.05) is 0 Å². The van der Waals surface area contributed by atoms with E-state index in [1.807, 2.05) is 0 Å². The van der Waals surface area contributed by atoms with E-state index in [0.717, 1.165) is 12.8 Å². The molecule has 1 amide bonds. The van der Waals surface area contributed by atoms with E-state index in [-0.39, 0.29) is 18.1 Å². The second kappa shape index (κ2) is 3.64. The Balaban J connectivity index is 1.76. The van der Waals surface area contributed by atoms with Crippen LogP contribution in [-0.2, 0) is 4.79 Å². The molecule has 0 aromatic rings. The minimum atomic E-state index is -0.350. The van der Waals surface area contributed by atoms with Gasteiger partial charge in [0.1, 0.15) is 0 Å². The van der Waals surface area contributed by atoms with Gasteiger partial charge < -0.3 is 15.7 Å². The minimum absolute atomic E-state index is 0.0567. The summed E-state index contributed by atoms with van der Waals surface area (Å²) in [6, 6.07) is 0.225. The third kappa shape index (κ3) is 2.00. The summed E-state index contributed by atoms with van der Waals surface area (Å²) in [5.74, 6) is 0.0567. The zero-order valence-corrected chi connectivity index (χ0v) is 7.62. The maximum atomic E-state index is 11.5. The number of β-amino-alcohol motifs (C(OH)–C–C–N with tert-alkyl or cyclic N) is 1. The van der Waals surface area contributed by atoms with Crippen LogP contribution in [0.4, 0.5) is 0 Å². The normalized spacial score (nSPS) is 34.2. The lowest BCUT2D eigenvalue weighted by Gasteiger charge is -2.27. The van der Waals surface area contributed by atoms with Crippen LogP contribution >= 0.6 is 0 Å². The van der Waals surface area contributed by atoms with Crippen LogP contribution in [0.25, 0.3) is 0 Å². The summed E-state index contributed by atoms with van der Waals surface area (Å²) in [6.45, 7) is 0.544. The Kier molecular flexibility index (Phi) is 2.51. The first-order chi connectivity index (χ1) is 6.25. The van der Waals surface area contributed by atoms with Crippen molar-refractivity contribution in [1.29, 1.82) is 0 Å². The third-order valence-electron chi connectivity index (χ3n) is 2.88. The fourth-order valence-electron chi connectivity index (χ4n) is 1.77. The van der Waals surface area contributed by atoms with Gasteiger partial charge in [-0.25, -0.2) is 0 Å². The average Bonchev–Trinajstić information content (AvgIpc) is 2.44. The summed E-state index contributed by atoms with van der Waals surface area (Å²) in [6.07, 6.45) is 3.66. The van der Waals surface area contributed by atoms with Crippen molar-refractivity contribution >= 4 is 5.91 Å². The van der Waals surface area contributed by atoms with Crippen LogP contribution < -0.4 is 10.6 Å². The van der Waals surface area contributed by atoms with Crippen molar-refractivity contribution in [1.82, 2.24) is 10.6 Å². The molecule has 0 spiro atoms. The molecule has 0 radical (unpaired) electrons. The summed E-state index contributed by atoms with van der Waals surface area (Å²) in [5.41, 5.74) is 0. The van der Waals surface area contributed by atoms with Gasteiger partial charge in [-0.2, -0.15) is 0 Å². The van der Waals surface area contributed by atoms with Crippen molar-refractivity contribution in [2.75, 3.05) is 6.54 Å². The molecule has 1 saturated heterocycles. The van der Waals surface area contributed by atoms with Gasteiger partial charge in [0, 0.05) is 12.6 Å². The first-order valence-corrected chi connectivity index (χ1v) is 4.97. The monoisotopic (exact) mass is 184 g/mol. The maximum absolute atomic E-state index is 11.5. The molecule has 2 fully saturated rings. The van der Waals surface area contributed by atoms with E-state index in [2.05, 4.69) is 10.6 Å². The second-order valence-electron chi connectivity index (χ2n) is 3.99. The Morgan fingerprint density at radius 3 is 2.69 bits per heavy atom. The van der Waals surface area contributed by atoms with Gasteiger partial charge in [0.05, 0.1) is 12.1 Å². The van der Waals surface area contributed by atoms with Crippen LogP contribution in [-0.4, -0.2) is 35.7 Å². The van der Waals surface area contributed by atoms with Gasteiger partial charge in [0.2, 0.25) is 5.91 Å². The molecule has 1 aliphatic heterocycles. The molecule has 2 rings (SSSR count). The van der Waals surface area contributed by atoms with Gasteiger partial charge in [-0.05, 0) is 25.7 Å². The van der Waals surface area contributed by atoms with Crippen molar-refractivity contribution in [2.45, 2.75) is 43.9 Å². The van der Waals surface area contributed by atoms with Crippen LogP contribution in [0.15, 0.2) is 0 Å². The summed E-state index contributed by atoms with van der Waals surface area (Å²) in [7, 11) is 0. The van der Waals surface area contributed by atoms with Crippen molar-refractivity contribution in [2.24, 2.45) is 0 Å². The Morgan fingerprint density at radius 2 is 2.23 bits per heavy atom. The number of hydrogen-bond acceptors (Lipinski definition) is 3. The largest absolute Gasteiger partial charge is 0.392 e. The zero-order valence-electron chi connectivity index (χ0n) is 7.62. The lowest BCUT2D eigenvalue weighted by Crippen LogP contribution is -2.47. The molecule has 2 unspecified atom stereocenters. The van der Waals surface area contributed by atoms with Gasteiger partial charge in [-0.3, -0.25) is 4.79 Å². The number of carbonyl (C=O) groups excluding carboxylic acids is 1. The number of amides is 1. The third-order valence-corrected chi connectivity index (χ3v) is 2.88. The van der Waals surface area contributed by atoms with Crippen molar-refractivity contribution in [3.63, 3.8) is 0 Å². The molecular weight excluding hydrogens is 168 g/mol. The van der Waals surface area contributed by atoms with Crippen LogP contribution in [0.1, 0.15) is 25.7 Å². The molecule has 1 saturated carbocycles. The smallest absolute Gasteiger partial charge is 0.237 e. The van der Waals surface area contributed by atoms with Crippen LogP contribution in [0.3, 0.4) is 0 Å². The molecule has 74 valence electrons. The van der Waals surface area contributed by atoms with E-state index < -0.39 is 0 Å². The SMILES string of the molecule is O=C(NC1CCC1)C1CC(O)CN1. The topological polar surface area (TPSA) is 61.4 Å². The average molecular weight is 184 g/mol. The first kappa shape index (κ1) is 8.97. The zero-order chi connectivity index (χ0) is 9.26. The first-order valence-electron chi connectivity index (χ1n) is 4.97. The van der Waals surface area contributed by atoms with Crippen LogP contribution in [0.2, 0.25) is 0 Å². The van der Waals surface area contributed by atoms with E-state index >= 15 is 0 Å². The van der Waals surface area contributed by atoms with Crippen LogP contribution in [0.5, 0.6) is 0 Å². The molecule has 1 aliphatic carbocycles. The van der Waals surface area contributed by atoms with Crippen LogP contribution in [0, 0.1) is 0 Å². The number of carbonyl (C=O) groups is 1. The fourth-order valence-corrected chi connectivity index (χ4v) is 1.77. The maximum Gasteiger partial charge on any atom is 0.237 e. The van der Waals surface area contributed by atoms with E-state index in [9.17, 15) is 9.90 Å². The van der Waals surface area contributed by atoms with Gasteiger partial charge in [0.15, 0.2) is 0 Å². The number of aliphatic hydroxyl groups is 1. The van der Waals surface area contributed by atoms with Gasteiger partial charge >= 0.3 is 0 Å². The standard InChI is InChI=1S/C9H16N2O2/c12-7-4-8(10-5-7)9(13)11-6-2-1-3-6/h6-8,10,12H,1-5H2,(H,11,13). The quantitative estimate of drug-likeness (QED) is 0.536. The van der Waals surface area contributed by atoms with Gasteiger partial charge in [-0.15, -0.1) is 0 Å². The summed E-state index contributed by atoms with van der Waals surface area (Å²) in [4.78, 5) is 11.5. The van der Waals surface area contributed by atoms with E-state index in [0.29, 0.717) is 19.0 Å². The Hall–Kier alpha value is -0.610. The molecule has 0 aromatic heterocycles. The highest BCUT2D eigenvalue weighted by atomic mass is 16.3. The van der Waals surface area contributed by atoms with Crippen molar-refractivity contribution < 1.29 is 9.90 Å². The predicted octanol–water partition coefficient (Wildman–Crippen LogP) is -0.622. The minimum Gasteiger partial charge on any atom is -0.392 e. The Morgan fingerprint density at radius 1 is 1.46 bits per heavy atom. The molecule has 4 nitrogen and oxygen atoms in total. The molecule has 0 aromatic carbocycles.